The maximum atomic E-state index is 14.7. The normalized spacial score (nSPS) is 25.2. The molecule has 8 nitrogen and oxygen atoms in total. The summed E-state index contributed by atoms with van der Waals surface area (Å²) in [5.74, 6) is -0.376. The van der Waals surface area contributed by atoms with Gasteiger partial charge in [0.2, 0.25) is 0 Å². The van der Waals surface area contributed by atoms with Crippen molar-refractivity contribution < 1.29 is 23.6 Å². The summed E-state index contributed by atoms with van der Waals surface area (Å²) < 4.78 is 19.8. The van der Waals surface area contributed by atoms with Crippen LogP contribution in [-0.4, -0.2) is 48.1 Å². The zero-order valence-electron chi connectivity index (χ0n) is 17.7. The summed E-state index contributed by atoms with van der Waals surface area (Å²) >= 11 is 0. The summed E-state index contributed by atoms with van der Waals surface area (Å²) in [6, 6.07) is 12.3. The fourth-order valence-electron chi connectivity index (χ4n) is 4.61. The molecule has 166 valence electrons. The maximum absolute atomic E-state index is 14.7. The lowest BCUT2D eigenvalue weighted by Gasteiger charge is -2.31. The quantitative estimate of drug-likeness (QED) is 0.697. The Kier molecular flexibility index (Phi) is 4.87. The van der Waals surface area contributed by atoms with Crippen LogP contribution in [-0.2, 0) is 22.7 Å². The Labute approximate surface area is 184 Å². The first-order chi connectivity index (χ1) is 15.4. The van der Waals surface area contributed by atoms with E-state index in [0.717, 1.165) is 11.1 Å². The summed E-state index contributed by atoms with van der Waals surface area (Å²) in [6.07, 6.45) is 1.84. The average Bonchev–Trinajstić information content (AvgIpc) is 3.45. The predicted molar refractivity (Wildman–Crippen MR) is 113 cm³/mol. The van der Waals surface area contributed by atoms with Crippen molar-refractivity contribution >= 4 is 11.9 Å². The fourth-order valence-corrected chi connectivity index (χ4v) is 4.61. The van der Waals surface area contributed by atoms with Crippen LogP contribution >= 0.6 is 0 Å². The molecule has 0 aliphatic carbocycles. The summed E-state index contributed by atoms with van der Waals surface area (Å²) in [5, 5.41) is 6.74. The molecule has 3 aliphatic heterocycles. The van der Waals surface area contributed by atoms with E-state index in [4.69, 9.17) is 9.57 Å². The van der Waals surface area contributed by atoms with Gasteiger partial charge in [0, 0.05) is 32.2 Å². The predicted octanol–water partition coefficient (Wildman–Crippen LogP) is 2.23. The number of hydrogen-bond acceptors (Lipinski definition) is 6. The van der Waals surface area contributed by atoms with Gasteiger partial charge in [0.05, 0.1) is 13.2 Å². The molecule has 2 aromatic carbocycles. The molecule has 3 amide bonds. The highest BCUT2D eigenvalue weighted by Crippen LogP contribution is 2.38. The monoisotopic (exact) mass is 438 g/mol. The van der Waals surface area contributed by atoms with Crippen LogP contribution in [0.5, 0.6) is 5.75 Å². The van der Waals surface area contributed by atoms with Gasteiger partial charge in [-0.05, 0) is 23.3 Å². The summed E-state index contributed by atoms with van der Waals surface area (Å²) in [5.41, 5.74) is 0.929. The van der Waals surface area contributed by atoms with E-state index >= 15 is 0 Å². The van der Waals surface area contributed by atoms with Gasteiger partial charge in [-0.3, -0.25) is 15.0 Å². The second-order valence-electron chi connectivity index (χ2n) is 8.20. The summed E-state index contributed by atoms with van der Waals surface area (Å²) in [7, 11) is 3.20. The minimum atomic E-state index is -1.42. The number of methoxy groups -OCH3 is 1. The molecule has 3 heterocycles. The van der Waals surface area contributed by atoms with E-state index in [-0.39, 0.29) is 24.9 Å². The average molecular weight is 438 g/mol. The largest absolute Gasteiger partial charge is 0.494 e. The van der Waals surface area contributed by atoms with Crippen molar-refractivity contribution in [3.63, 3.8) is 0 Å². The number of carbonyl (C=O) groups excluding carboxylic acids is 2. The van der Waals surface area contributed by atoms with E-state index in [9.17, 15) is 14.0 Å². The van der Waals surface area contributed by atoms with Crippen LogP contribution < -0.4 is 15.4 Å². The molecule has 1 fully saturated rings. The van der Waals surface area contributed by atoms with Crippen molar-refractivity contribution in [1.82, 2.24) is 20.6 Å². The number of carbonyl (C=O) groups is 2. The number of rotatable bonds is 5. The van der Waals surface area contributed by atoms with Crippen molar-refractivity contribution in [3.05, 3.63) is 76.8 Å². The molecule has 0 saturated carbocycles. The second-order valence-corrected chi connectivity index (χ2v) is 8.20. The molecule has 3 aliphatic rings. The number of ether oxygens (including phenoxy) is 1. The number of urea groups is 1. The van der Waals surface area contributed by atoms with Gasteiger partial charge in [-0.25, -0.2) is 9.18 Å². The number of hydrogen-bond donors (Lipinski definition) is 2. The Bertz CT molecular complexity index is 1120. The van der Waals surface area contributed by atoms with Crippen LogP contribution in [0.15, 0.2) is 54.3 Å². The first-order valence-corrected chi connectivity index (χ1v) is 10.3. The molecule has 2 N–H and O–H groups in total. The highest BCUT2D eigenvalue weighted by atomic mass is 19.1. The molecule has 2 atom stereocenters. The van der Waals surface area contributed by atoms with Gasteiger partial charge in [0.15, 0.2) is 22.9 Å². The molecular formula is C23H23FN4O4. The number of nitrogens with one attached hydrogen (secondary N) is 2. The zero-order valence-corrected chi connectivity index (χ0v) is 17.7. The van der Waals surface area contributed by atoms with Gasteiger partial charge >= 0.3 is 6.03 Å². The molecule has 2 aromatic rings. The molecule has 1 saturated heterocycles. The Morgan fingerprint density at radius 3 is 2.66 bits per heavy atom. The number of amides is 3. The number of likely N-dealkylation sites (N-methyl/N-ethyl adjacent to an activating group) is 1. The van der Waals surface area contributed by atoms with E-state index in [1.54, 1.807) is 18.2 Å². The van der Waals surface area contributed by atoms with E-state index in [1.807, 2.05) is 47.4 Å². The SMILES string of the molecule is COc1ccc2c(c1F)CN(C[C@]1(C3=CC(c4ccccc4)N(C)O3)NC(=O)NC1=O)C2. The lowest BCUT2D eigenvalue weighted by Crippen LogP contribution is -2.56. The van der Waals surface area contributed by atoms with Crippen LogP contribution in [0.1, 0.15) is 22.7 Å². The Hall–Kier alpha value is -3.43. The van der Waals surface area contributed by atoms with E-state index in [1.165, 1.54) is 7.11 Å². The lowest BCUT2D eigenvalue weighted by atomic mass is 9.94. The van der Waals surface area contributed by atoms with Crippen molar-refractivity contribution in [1.29, 1.82) is 0 Å². The van der Waals surface area contributed by atoms with E-state index in [2.05, 4.69) is 10.6 Å². The molecule has 32 heavy (non-hydrogen) atoms. The molecule has 0 spiro atoms. The molecule has 9 heteroatoms. The van der Waals surface area contributed by atoms with Crippen molar-refractivity contribution in [3.8, 4) is 5.75 Å². The van der Waals surface area contributed by atoms with Crippen molar-refractivity contribution in [2.24, 2.45) is 0 Å². The smallest absolute Gasteiger partial charge is 0.322 e. The molecule has 0 radical (unpaired) electrons. The third-order valence-corrected chi connectivity index (χ3v) is 6.21. The van der Waals surface area contributed by atoms with Gasteiger partial charge in [0.25, 0.3) is 5.91 Å². The molecule has 0 aromatic heterocycles. The lowest BCUT2D eigenvalue weighted by molar-refractivity contribution is -0.133. The molecule has 1 unspecified atom stereocenters. The number of fused-ring (bicyclic) bond motifs is 1. The zero-order chi connectivity index (χ0) is 22.5. The topological polar surface area (TPSA) is 83.1 Å². The molecular weight excluding hydrogens is 415 g/mol. The van der Waals surface area contributed by atoms with Gasteiger partial charge in [-0.2, -0.15) is 0 Å². The van der Waals surface area contributed by atoms with E-state index in [0.29, 0.717) is 17.9 Å². The molecule has 5 rings (SSSR count). The fraction of sp³-hybridized carbons (Fsp3) is 0.304. The van der Waals surface area contributed by atoms with Crippen LogP contribution in [0.3, 0.4) is 0 Å². The van der Waals surface area contributed by atoms with Crippen molar-refractivity contribution in [2.75, 3.05) is 20.7 Å². The number of imide groups is 1. The summed E-state index contributed by atoms with van der Waals surface area (Å²) in [4.78, 5) is 33.1. The van der Waals surface area contributed by atoms with Gasteiger partial charge in [-0.1, -0.05) is 36.4 Å². The third kappa shape index (κ3) is 3.21. The van der Waals surface area contributed by atoms with Crippen LogP contribution in [0.25, 0.3) is 0 Å². The highest BCUT2D eigenvalue weighted by molar-refractivity contribution is 6.09. The van der Waals surface area contributed by atoms with Crippen LogP contribution in [0.2, 0.25) is 0 Å². The Morgan fingerprint density at radius 2 is 1.97 bits per heavy atom. The number of hydroxylamine groups is 2. The Morgan fingerprint density at radius 1 is 1.19 bits per heavy atom. The highest BCUT2D eigenvalue weighted by Gasteiger charge is 2.54. The minimum Gasteiger partial charge on any atom is -0.494 e. The first kappa shape index (κ1) is 20.5. The van der Waals surface area contributed by atoms with Gasteiger partial charge < -0.3 is 14.9 Å². The van der Waals surface area contributed by atoms with Crippen molar-refractivity contribution in [2.45, 2.75) is 24.7 Å². The van der Waals surface area contributed by atoms with Gasteiger partial charge in [-0.15, -0.1) is 5.06 Å². The first-order valence-electron chi connectivity index (χ1n) is 10.3. The maximum Gasteiger partial charge on any atom is 0.322 e. The minimum absolute atomic E-state index is 0.127. The second kappa shape index (κ2) is 7.61. The Balaban J connectivity index is 1.46. The van der Waals surface area contributed by atoms with E-state index < -0.39 is 23.3 Å². The number of halogens is 1. The summed E-state index contributed by atoms with van der Waals surface area (Å²) in [6.45, 7) is 0.850. The van der Waals surface area contributed by atoms with Gasteiger partial charge in [0.1, 0.15) is 0 Å². The van der Waals surface area contributed by atoms with Crippen LogP contribution in [0.4, 0.5) is 9.18 Å². The standard InChI is InChI=1S/C23H23FN4O4/c1-27-17(14-6-4-3-5-7-14)10-19(32-27)23(21(29)25-22(30)26-23)13-28-11-15-8-9-18(31-2)20(24)16(15)12-28/h3-10,17H,11-13H2,1-2H3,(H2,25,26,29,30)/t17?,23-/m1/s1. The van der Waals surface area contributed by atoms with Crippen LogP contribution in [0, 0.1) is 5.82 Å². The number of nitrogens with zero attached hydrogens (tertiary/aromatic N) is 2. The number of benzene rings is 2. The molecule has 0 bridgehead atoms. The third-order valence-electron chi connectivity index (χ3n) is 6.21.